The number of nitrogens with zero attached hydrogens (tertiary/aromatic N) is 1. The summed E-state index contributed by atoms with van der Waals surface area (Å²) in [6.45, 7) is 1.84. The molecule has 0 bridgehead atoms. The van der Waals surface area contributed by atoms with Crippen LogP contribution in [0.5, 0.6) is 5.75 Å². The molecule has 0 radical (unpaired) electrons. The predicted molar refractivity (Wildman–Crippen MR) is 89.4 cm³/mol. The van der Waals surface area contributed by atoms with Crippen LogP contribution in [0.1, 0.15) is 12.5 Å². The number of amides is 1. The van der Waals surface area contributed by atoms with Gasteiger partial charge >= 0.3 is 0 Å². The van der Waals surface area contributed by atoms with E-state index in [4.69, 9.17) is 0 Å². The van der Waals surface area contributed by atoms with Gasteiger partial charge in [-0.25, -0.2) is 9.38 Å². The largest absolute Gasteiger partial charge is 0.508 e. The quantitative estimate of drug-likeness (QED) is 0.907. The van der Waals surface area contributed by atoms with Gasteiger partial charge in [-0.15, -0.1) is 0 Å². The van der Waals surface area contributed by atoms with E-state index >= 15 is 0 Å². The minimum absolute atomic E-state index is 0.133. The third-order valence-corrected chi connectivity index (χ3v) is 4.70. The number of amidine groups is 1. The van der Waals surface area contributed by atoms with Crippen LogP contribution >= 0.6 is 11.8 Å². The number of halogens is 1. The molecule has 23 heavy (non-hydrogen) atoms. The average molecular weight is 330 g/mol. The van der Waals surface area contributed by atoms with Gasteiger partial charge in [-0.05, 0) is 55.3 Å². The molecular weight excluding hydrogens is 315 g/mol. The van der Waals surface area contributed by atoms with Gasteiger partial charge in [0.05, 0.1) is 5.69 Å². The van der Waals surface area contributed by atoms with Crippen molar-refractivity contribution in [2.24, 2.45) is 4.99 Å². The summed E-state index contributed by atoms with van der Waals surface area (Å²) in [6, 6.07) is 12.6. The van der Waals surface area contributed by atoms with E-state index in [9.17, 15) is 14.3 Å². The summed E-state index contributed by atoms with van der Waals surface area (Å²) in [5, 5.41) is 12.8. The first-order valence-corrected chi connectivity index (χ1v) is 7.89. The number of phenols is 1. The maximum Gasteiger partial charge on any atom is 0.242 e. The summed E-state index contributed by atoms with van der Waals surface area (Å²) in [5.41, 5.74) is 1.45. The third-order valence-electron chi connectivity index (χ3n) is 3.53. The molecule has 4 nitrogen and oxygen atoms in total. The predicted octanol–water partition coefficient (Wildman–Crippen LogP) is 3.38. The Morgan fingerprint density at radius 3 is 2.70 bits per heavy atom. The van der Waals surface area contributed by atoms with Crippen molar-refractivity contribution >= 4 is 28.5 Å². The molecule has 3 rings (SSSR count). The van der Waals surface area contributed by atoms with E-state index < -0.39 is 4.75 Å². The summed E-state index contributed by atoms with van der Waals surface area (Å²) < 4.78 is 12.2. The van der Waals surface area contributed by atoms with Crippen molar-refractivity contribution in [3.05, 3.63) is 59.9 Å². The minimum atomic E-state index is -0.702. The van der Waals surface area contributed by atoms with Crippen LogP contribution < -0.4 is 5.32 Å². The zero-order valence-electron chi connectivity index (χ0n) is 12.4. The van der Waals surface area contributed by atoms with Gasteiger partial charge in [0, 0.05) is 0 Å². The van der Waals surface area contributed by atoms with E-state index in [0.29, 0.717) is 17.3 Å². The van der Waals surface area contributed by atoms with Crippen LogP contribution in [0.2, 0.25) is 0 Å². The molecule has 1 aliphatic rings. The van der Waals surface area contributed by atoms with Gasteiger partial charge in [0.1, 0.15) is 16.3 Å². The van der Waals surface area contributed by atoms with Crippen LogP contribution in [0.3, 0.4) is 0 Å². The Morgan fingerprint density at radius 1 is 1.26 bits per heavy atom. The number of rotatable bonds is 3. The molecule has 118 valence electrons. The Morgan fingerprint density at radius 2 is 2.00 bits per heavy atom. The molecule has 0 saturated carbocycles. The normalized spacial score (nSPS) is 22.3. The lowest BCUT2D eigenvalue weighted by atomic mass is 9.99. The number of aliphatic imine (C=N–C) groups is 1. The van der Waals surface area contributed by atoms with Crippen LogP contribution in [0.4, 0.5) is 10.1 Å². The number of carbonyl (C=O) groups excluding carboxylic acids is 1. The van der Waals surface area contributed by atoms with Gasteiger partial charge in [-0.3, -0.25) is 4.79 Å². The fourth-order valence-corrected chi connectivity index (χ4v) is 3.47. The first-order valence-electron chi connectivity index (χ1n) is 7.07. The third kappa shape index (κ3) is 3.53. The fourth-order valence-electron chi connectivity index (χ4n) is 2.37. The van der Waals surface area contributed by atoms with Crippen LogP contribution in [-0.2, 0) is 11.2 Å². The lowest BCUT2D eigenvalue weighted by Crippen LogP contribution is -2.35. The van der Waals surface area contributed by atoms with Gasteiger partial charge in [0.15, 0.2) is 5.17 Å². The Bertz CT molecular complexity index is 776. The second-order valence-corrected chi connectivity index (χ2v) is 7.02. The molecule has 0 spiro atoms. The topological polar surface area (TPSA) is 61.7 Å². The zero-order valence-corrected chi connectivity index (χ0v) is 13.2. The highest BCUT2D eigenvalue weighted by atomic mass is 32.2. The van der Waals surface area contributed by atoms with E-state index in [-0.39, 0.29) is 17.5 Å². The molecule has 1 saturated heterocycles. The summed E-state index contributed by atoms with van der Waals surface area (Å²) in [4.78, 5) is 16.6. The standard InChI is InChI=1S/C17H15FN2O2S/c1-17(10-11-3-2-4-14(21)9-11)15(22)20-16(23-17)19-13-7-5-12(18)6-8-13/h2-9,21H,10H2,1H3,(H,19,20,22). The molecule has 1 fully saturated rings. The first kappa shape index (κ1) is 15.6. The molecule has 1 atom stereocenters. The molecule has 6 heteroatoms. The van der Waals surface area contributed by atoms with Crippen LogP contribution in [0, 0.1) is 5.82 Å². The molecule has 1 aliphatic heterocycles. The highest BCUT2D eigenvalue weighted by Gasteiger charge is 2.42. The molecule has 1 amide bonds. The lowest BCUT2D eigenvalue weighted by molar-refractivity contribution is -0.121. The van der Waals surface area contributed by atoms with Gasteiger partial charge in [-0.1, -0.05) is 23.9 Å². The number of thioether (sulfide) groups is 1. The molecule has 0 aliphatic carbocycles. The Hall–Kier alpha value is -2.34. The number of carbonyl (C=O) groups is 1. The molecule has 1 heterocycles. The van der Waals surface area contributed by atoms with Crippen molar-refractivity contribution in [3.8, 4) is 5.75 Å². The highest BCUT2D eigenvalue weighted by molar-refractivity contribution is 8.16. The maximum atomic E-state index is 12.9. The average Bonchev–Trinajstić information content (AvgIpc) is 2.75. The number of aromatic hydroxyl groups is 1. The van der Waals surface area contributed by atoms with Gasteiger partial charge < -0.3 is 10.4 Å². The van der Waals surface area contributed by atoms with E-state index in [1.54, 1.807) is 30.3 Å². The van der Waals surface area contributed by atoms with Gasteiger partial charge in [-0.2, -0.15) is 0 Å². The van der Waals surface area contributed by atoms with E-state index in [0.717, 1.165) is 5.56 Å². The first-order chi connectivity index (χ1) is 10.9. The second-order valence-electron chi connectivity index (χ2n) is 5.53. The van der Waals surface area contributed by atoms with E-state index in [2.05, 4.69) is 10.3 Å². The summed E-state index contributed by atoms with van der Waals surface area (Å²) in [7, 11) is 0. The number of benzene rings is 2. The summed E-state index contributed by atoms with van der Waals surface area (Å²) >= 11 is 1.33. The molecule has 2 N–H and O–H groups in total. The van der Waals surface area contributed by atoms with E-state index in [1.165, 1.54) is 23.9 Å². The number of phenolic OH excluding ortho intramolecular Hbond substituents is 1. The molecular formula is C17H15FN2O2S. The number of hydrogen-bond donors (Lipinski definition) is 2. The van der Waals surface area contributed by atoms with Crippen molar-refractivity contribution in [2.45, 2.75) is 18.1 Å². The fraction of sp³-hybridized carbons (Fsp3) is 0.176. The second kappa shape index (κ2) is 6.04. The highest BCUT2D eigenvalue weighted by Crippen LogP contribution is 2.36. The molecule has 2 aromatic rings. The maximum absolute atomic E-state index is 12.9. The molecule has 2 aromatic carbocycles. The van der Waals surface area contributed by atoms with Crippen LogP contribution in [0.25, 0.3) is 0 Å². The van der Waals surface area contributed by atoms with Crippen LogP contribution in [-0.4, -0.2) is 20.9 Å². The van der Waals surface area contributed by atoms with Crippen molar-refractivity contribution in [1.29, 1.82) is 0 Å². The number of nitrogens with one attached hydrogen (secondary N) is 1. The molecule has 0 aromatic heterocycles. The Labute approximate surface area is 137 Å². The van der Waals surface area contributed by atoms with Gasteiger partial charge in [0.25, 0.3) is 0 Å². The summed E-state index contributed by atoms with van der Waals surface area (Å²) in [5.74, 6) is -0.285. The zero-order chi connectivity index (χ0) is 16.4. The SMILES string of the molecule is CC1(Cc2cccc(O)c2)SC(=Nc2ccc(F)cc2)NC1=O. The van der Waals surface area contributed by atoms with Crippen molar-refractivity contribution in [1.82, 2.24) is 5.32 Å². The molecule has 1 unspecified atom stereocenters. The number of hydrogen-bond acceptors (Lipinski definition) is 4. The van der Waals surface area contributed by atoms with Crippen molar-refractivity contribution < 1.29 is 14.3 Å². The minimum Gasteiger partial charge on any atom is -0.508 e. The van der Waals surface area contributed by atoms with Crippen molar-refractivity contribution in [3.63, 3.8) is 0 Å². The Kier molecular flexibility index (Phi) is 4.09. The monoisotopic (exact) mass is 330 g/mol. The van der Waals surface area contributed by atoms with Crippen molar-refractivity contribution in [2.75, 3.05) is 0 Å². The Balaban J connectivity index is 1.79. The smallest absolute Gasteiger partial charge is 0.242 e. The lowest BCUT2D eigenvalue weighted by Gasteiger charge is -2.18. The van der Waals surface area contributed by atoms with Crippen LogP contribution in [0.15, 0.2) is 53.5 Å². The summed E-state index contributed by atoms with van der Waals surface area (Å²) in [6.07, 6.45) is 0.473. The van der Waals surface area contributed by atoms with E-state index in [1.807, 2.05) is 13.0 Å². The van der Waals surface area contributed by atoms with Gasteiger partial charge in [0.2, 0.25) is 5.91 Å².